The molecule has 0 radical (unpaired) electrons. The van der Waals surface area contributed by atoms with Crippen LogP contribution in [0.4, 0.5) is 0 Å². The lowest BCUT2D eigenvalue weighted by molar-refractivity contribution is 0.0388. The van der Waals surface area contributed by atoms with Crippen LogP contribution in [-0.2, 0) is 22.3 Å². The SMILES string of the molecule is COCCOC(=O)c1c(C)nc2sc3c(c2c1-c1ccccc1)CCCC3.Cl. The number of carbonyl (C=O) groups excluding carboxylic acids is 1. The maximum atomic E-state index is 13.0. The minimum atomic E-state index is -0.325. The van der Waals surface area contributed by atoms with E-state index in [1.165, 1.54) is 23.3 Å². The summed E-state index contributed by atoms with van der Waals surface area (Å²) in [4.78, 5) is 20.2. The van der Waals surface area contributed by atoms with Gasteiger partial charge in [0.05, 0.1) is 17.9 Å². The number of methoxy groups -OCH3 is 1. The van der Waals surface area contributed by atoms with Crippen LogP contribution in [0.1, 0.15) is 39.3 Å². The Balaban J connectivity index is 0.00000225. The van der Waals surface area contributed by atoms with Crippen molar-refractivity contribution < 1.29 is 14.3 Å². The fourth-order valence-corrected chi connectivity index (χ4v) is 5.15. The van der Waals surface area contributed by atoms with Crippen LogP contribution in [-0.4, -0.2) is 31.3 Å². The molecule has 0 N–H and O–H groups in total. The maximum absolute atomic E-state index is 13.0. The molecule has 148 valence electrons. The van der Waals surface area contributed by atoms with Gasteiger partial charge in [-0.1, -0.05) is 30.3 Å². The predicted octanol–water partition coefficient (Wildman–Crippen LogP) is 5.38. The van der Waals surface area contributed by atoms with Crippen molar-refractivity contribution in [3.63, 3.8) is 0 Å². The average Bonchev–Trinajstić information content (AvgIpc) is 3.05. The lowest BCUT2D eigenvalue weighted by Gasteiger charge is -2.16. The third-order valence-electron chi connectivity index (χ3n) is 5.07. The van der Waals surface area contributed by atoms with Crippen LogP contribution in [0.5, 0.6) is 0 Å². The Morgan fingerprint density at radius 3 is 2.64 bits per heavy atom. The van der Waals surface area contributed by atoms with Crippen LogP contribution in [0.3, 0.4) is 0 Å². The van der Waals surface area contributed by atoms with E-state index in [9.17, 15) is 4.79 Å². The van der Waals surface area contributed by atoms with E-state index in [-0.39, 0.29) is 25.0 Å². The molecule has 0 saturated carbocycles. The lowest BCUT2D eigenvalue weighted by atomic mass is 9.90. The van der Waals surface area contributed by atoms with Gasteiger partial charge in [0.25, 0.3) is 0 Å². The molecule has 0 fully saturated rings. The molecule has 0 amide bonds. The Bertz CT molecular complexity index is 985. The second-order valence-electron chi connectivity index (χ2n) is 6.83. The van der Waals surface area contributed by atoms with E-state index in [2.05, 4.69) is 12.1 Å². The normalized spacial score (nSPS) is 13.1. The highest BCUT2D eigenvalue weighted by Crippen LogP contribution is 2.43. The van der Waals surface area contributed by atoms with Crippen molar-refractivity contribution in [2.45, 2.75) is 32.6 Å². The molecule has 4 nitrogen and oxygen atoms in total. The molecule has 0 atom stereocenters. The Morgan fingerprint density at radius 1 is 1.14 bits per heavy atom. The summed E-state index contributed by atoms with van der Waals surface area (Å²) in [5, 5.41) is 1.14. The summed E-state index contributed by atoms with van der Waals surface area (Å²) in [6.45, 7) is 2.52. The number of halogens is 1. The van der Waals surface area contributed by atoms with Crippen LogP contribution in [0.15, 0.2) is 30.3 Å². The molecule has 0 saturated heterocycles. The minimum absolute atomic E-state index is 0. The smallest absolute Gasteiger partial charge is 0.340 e. The monoisotopic (exact) mass is 417 g/mol. The third kappa shape index (κ3) is 3.79. The van der Waals surface area contributed by atoms with Gasteiger partial charge in [-0.25, -0.2) is 9.78 Å². The molecule has 28 heavy (non-hydrogen) atoms. The Hall–Kier alpha value is -1.95. The topological polar surface area (TPSA) is 48.4 Å². The van der Waals surface area contributed by atoms with Crippen LogP contribution >= 0.6 is 23.7 Å². The molecule has 1 aliphatic rings. The Kier molecular flexibility index (Phi) is 6.70. The summed E-state index contributed by atoms with van der Waals surface area (Å²) in [7, 11) is 1.60. The number of hydrogen-bond acceptors (Lipinski definition) is 5. The van der Waals surface area contributed by atoms with Gasteiger partial charge in [-0.15, -0.1) is 23.7 Å². The highest BCUT2D eigenvalue weighted by Gasteiger charge is 2.26. The zero-order chi connectivity index (χ0) is 18.8. The van der Waals surface area contributed by atoms with E-state index in [0.717, 1.165) is 39.9 Å². The lowest BCUT2D eigenvalue weighted by Crippen LogP contribution is -2.14. The summed E-state index contributed by atoms with van der Waals surface area (Å²) in [6, 6.07) is 10.1. The van der Waals surface area contributed by atoms with Gasteiger partial charge in [-0.05, 0) is 43.7 Å². The molecular formula is C22H24ClNO3S. The van der Waals surface area contributed by atoms with Gasteiger partial charge in [0.1, 0.15) is 11.4 Å². The first-order valence-electron chi connectivity index (χ1n) is 9.37. The highest BCUT2D eigenvalue weighted by molar-refractivity contribution is 7.19. The number of fused-ring (bicyclic) bond motifs is 3. The Morgan fingerprint density at radius 2 is 1.89 bits per heavy atom. The van der Waals surface area contributed by atoms with Crippen molar-refractivity contribution in [2.24, 2.45) is 0 Å². The molecule has 1 aromatic carbocycles. The van der Waals surface area contributed by atoms with Crippen molar-refractivity contribution >= 4 is 39.9 Å². The van der Waals surface area contributed by atoms with Crippen LogP contribution in [0.25, 0.3) is 21.3 Å². The van der Waals surface area contributed by atoms with Crippen molar-refractivity contribution in [2.75, 3.05) is 20.3 Å². The van der Waals surface area contributed by atoms with Crippen molar-refractivity contribution in [1.29, 1.82) is 0 Å². The number of aryl methyl sites for hydroxylation is 3. The van der Waals surface area contributed by atoms with E-state index in [1.54, 1.807) is 18.4 Å². The first kappa shape index (κ1) is 20.8. The summed E-state index contributed by atoms with van der Waals surface area (Å²) in [6.07, 6.45) is 4.58. The quantitative estimate of drug-likeness (QED) is 0.413. The maximum Gasteiger partial charge on any atom is 0.340 e. The minimum Gasteiger partial charge on any atom is -0.460 e. The number of carbonyl (C=O) groups is 1. The number of thiophene rings is 1. The summed E-state index contributed by atoms with van der Waals surface area (Å²) >= 11 is 1.78. The standard InChI is InChI=1S/C22H23NO3S.ClH/c1-14-18(22(24)26-13-12-25-2)19(15-8-4-3-5-9-15)20-16-10-6-7-11-17(16)27-21(20)23-14;/h3-5,8-9H,6-7,10-13H2,1-2H3;1H. The predicted molar refractivity (Wildman–Crippen MR) is 116 cm³/mol. The summed E-state index contributed by atoms with van der Waals surface area (Å²) in [5.41, 5.74) is 4.69. The van der Waals surface area contributed by atoms with E-state index in [4.69, 9.17) is 14.5 Å². The molecule has 2 heterocycles. The van der Waals surface area contributed by atoms with Crippen LogP contribution in [0, 0.1) is 6.92 Å². The molecule has 1 aliphatic carbocycles. The number of aromatic nitrogens is 1. The number of rotatable bonds is 5. The number of hydrogen-bond donors (Lipinski definition) is 0. The number of pyridine rings is 1. The summed E-state index contributed by atoms with van der Waals surface area (Å²) < 4.78 is 10.5. The van der Waals surface area contributed by atoms with Gasteiger partial charge in [0.15, 0.2) is 0 Å². The first-order valence-corrected chi connectivity index (χ1v) is 10.2. The largest absolute Gasteiger partial charge is 0.460 e. The van der Waals surface area contributed by atoms with E-state index in [0.29, 0.717) is 12.2 Å². The van der Waals surface area contributed by atoms with E-state index < -0.39 is 0 Å². The van der Waals surface area contributed by atoms with Gasteiger partial charge in [-0.2, -0.15) is 0 Å². The molecule has 6 heteroatoms. The van der Waals surface area contributed by atoms with Gasteiger partial charge < -0.3 is 9.47 Å². The van der Waals surface area contributed by atoms with Crippen molar-refractivity contribution in [3.8, 4) is 11.1 Å². The van der Waals surface area contributed by atoms with E-state index >= 15 is 0 Å². The molecule has 2 aromatic heterocycles. The number of nitrogens with zero attached hydrogens (tertiary/aromatic N) is 1. The number of esters is 1. The second kappa shape index (κ2) is 9.03. The third-order valence-corrected chi connectivity index (χ3v) is 6.26. The number of benzene rings is 1. The summed E-state index contributed by atoms with van der Waals surface area (Å²) in [5.74, 6) is -0.325. The molecule has 4 rings (SSSR count). The fourth-order valence-electron chi connectivity index (χ4n) is 3.84. The van der Waals surface area contributed by atoms with Gasteiger partial charge in [-0.3, -0.25) is 0 Å². The molecular weight excluding hydrogens is 394 g/mol. The van der Waals surface area contributed by atoms with Crippen molar-refractivity contribution in [1.82, 2.24) is 4.98 Å². The van der Waals surface area contributed by atoms with Crippen LogP contribution in [0.2, 0.25) is 0 Å². The van der Waals surface area contributed by atoms with Gasteiger partial charge in [0, 0.05) is 22.9 Å². The highest BCUT2D eigenvalue weighted by atomic mass is 35.5. The fraction of sp³-hybridized carbons (Fsp3) is 0.364. The first-order chi connectivity index (χ1) is 13.2. The molecule has 0 spiro atoms. The van der Waals surface area contributed by atoms with E-state index in [1.807, 2.05) is 25.1 Å². The molecule has 3 aromatic rings. The Labute approximate surface area is 175 Å². The van der Waals surface area contributed by atoms with Gasteiger partial charge in [0.2, 0.25) is 0 Å². The molecule has 0 aliphatic heterocycles. The van der Waals surface area contributed by atoms with Crippen LogP contribution < -0.4 is 0 Å². The average molecular weight is 418 g/mol. The number of ether oxygens (including phenoxy) is 2. The second-order valence-corrected chi connectivity index (χ2v) is 7.92. The molecule has 0 bridgehead atoms. The molecule has 0 unspecified atom stereocenters. The zero-order valence-corrected chi connectivity index (χ0v) is 17.8. The van der Waals surface area contributed by atoms with Crippen molar-refractivity contribution in [3.05, 3.63) is 52.0 Å². The zero-order valence-electron chi connectivity index (χ0n) is 16.1. The van der Waals surface area contributed by atoms with Gasteiger partial charge >= 0.3 is 5.97 Å².